The van der Waals surface area contributed by atoms with Gasteiger partial charge in [-0.1, -0.05) is 28.1 Å². The Balaban J connectivity index is 1.81. The van der Waals surface area contributed by atoms with E-state index in [2.05, 4.69) is 40.3 Å². The third kappa shape index (κ3) is 4.03. The predicted molar refractivity (Wildman–Crippen MR) is 76.1 cm³/mol. The highest BCUT2D eigenvalue weighted by molar-refractivity contribution is 9.10. The maximum atomic E-state index is 10.8. The minimum Gasteiger partial charge on any atom is -0.479 e. The molecule has 2 rings (SSSR count). The molecule has 1 aromatic rings. The Hall–Kier alpha value is -0.910. The SMILES string of the molecule is CC(NCC1CCC(C(=O)O)O1)c1cccc(Br)c1. The molecule has 19 heavy (non-hydrogen) atoms. The van der Waals surface area contributed by atoms with Gasteiger partial charge in [-0.2, -0.15) is 0 Å². The fourth-order valence-corrected chi connectivity index (χ4v) is 2.66. The van der Waals surface area contributed by atoms with Crippen LogP contribution in [0.15, 0.2) is 28.7 Å². The van der Waals surface area contributed by atoms with E-state index in [1.165, 1.54) is 5.56 Å². The van der Waals surface area contributed by atoms with Gasteiger partial charge in [0.25, 0.3) is 0 Å². The molecule has 104 valence electrons. The highest BCUT2D eigenvalue weighted by Gasteiger charge is 2.30. The van der Waals surface area contributed by atoms with E-state index < -0.39 is 12.1 Å². The molecule has 1 aliphatic rings. The van der Waals surface area contributed by atoms with Crippen LogP contribution in [-0.2, 0) is 9.53 Å². The minimum absolute atomic E-state index is 0.00398. The van der Waals surface area contributed by atoms with Crippen molar-refractivity contribution in [3.8, 4) is 0 Å². The normalized spacial score (nSPS) is 24.3. The average Bonchev–Trinajstić information content (AvgIpc) is 2.85. The maximum Gasteiger partial charge on any atom is 0.332 e. The third-order valence-electron chi connectivity index (χ3n) is 3.38. The van der Waals surface area contributed by atoms with Gasteiger partial charge in [0.15, 0.2) is 6.10 Å². The van der Waals surface area contributed by atoms with E-state index in [0.717, 1.165) is 10.9 Å². The smallest absolute Gasteiger partial charge is 0.332 e. The van der Waals surface area contributed by atoms with Crippen molar-refractivity contribution in [1.82, 2.24) is 5.32 Å². The van der Waals surface area contributed by atoms with Crippen LogP contribution in [0.25, 0.3) is 0 Å². The average molecular weight is 328 g/mol. The highest BCUT2D eigenvalue weighted by atomic mass is 79.9. The first-order chi connectivity index (χ1) is 9.06. The number of nitrogens with one attached hydrogen (secondary N) is 1. The molecule has 1 aliphatic heterocycles. The molecule has 0 saturated carbocycles. The zero-order valence-electron chi connectivity index (χ0n) is 10.8. The zero-order valence-corrected chi connectivity index (χ0v) is 12.4. The molecule has 1 saturated heterocycles. The fourth-order valence-electron chi connectivity index (χ4n) is 2.24. The number of rotatable bonds is 5. The largest absolute Gasteiger partial charge is 0.479 e. The van der Waals surface area contributed by atoms with E-state index in [9.17, 15) is 4.79 Å². The number of hydrogen-bond donors (Lipinski definition) is 2. The highest BCUT2D eigenvalue weighted by Crippen LogP contribution is 2.21. The number of carbonyl (C=O) groups is 1. The van der Waals surface area contributed by atoms with Gasteiger partial charge in [-0.15, -0.1) is 0 Å². The van der Waals surface area contributed by atoms with Gasteiger partial charge in [0.05, 0.1) is 6.10 Å². The Morgan fingerprint density at radius 3 is 3.00 bits per heavy atom. The summed E-state index contributed by atoms with van der Waals surface area (Å²) in [4.78, 5) is 10.8. The molecule has 3 unspecified atom stereocenters. The number of carboxylic acid groups (broad SMARTS) is 1. The van der Waals surface area contributed by atoms with Gasteiger partial charge in [-0.25, -0.2) is 4.79 Å². The molecular weight excluding hydrogens is 310 g/mol. The summed E-state index contributed by atoms with van der Waals surface area (Å²) < 4.78 is 6.52. The van der Waals surface area contributed by atoms with E-state index in [1.54, 1.807) is 0 Å². The Kier molecular flexibility index (Phi) is 4.96. The minimum atomic E-state index is -0.859. The molecule has 0 amide bonds. The molecule has 3 atom stereocenters. The van der Waals surface area contributed by atoms with Gasteiger partial charge in [0.1, 0.15) is 0 Å². The molecule has 2 N–H and O–H groups in total. The van der Waals surface area contributed by atoms with Crippen molar-refractivity contribution in [2.45, 2.75) is 38.0 Å². The van der Waals surface area contributed by atoms with Crippen LogP contribution in [0.4, 0.5) is 0 Å². The van der Waals surface area contributed by atoms with E-state index in [4.69, 9.17) is 9.84 Å². The standard InChI is InChI=1S/C14H18BrNO3/c1-9(10-3-2-4-11(15)7-10)16-8-12-5-6-13(19-12)14(17)18/h2-4,7,9,12-13,16H,5-6,8H2,1H3,(H,17,18). The van der Waals surface area contributed by atoms with Crippen LogP contribution >= 0.6 is 15.9 Å². The van der Waals surface area contributed by atoms with E-state index in [1.807, 2.05) is 12.1 Å². The van der Waals surface area contributed by atoms with Crippen LogP contribution in [0.1, 0.15) is 31.4 Å². The first-order valence-electron chi connectivity index (χ1n) is 6.43. The van der Waals surface area contributed by atoms with Crippen LogP contribution in [0.3, 0.4) is 0 Å². The van der Waals surface area contributed by atoms with Gasteiger partial charge < -0.3 is 15.2 Å². The Bertz CT molecular complexity index is 452. The second-order valence-electron chi connectivity index (χ2n) is 4.85. The lowest BCUT2D eigenvalue weighted by Gasteiger charge is -2.18. The summed E-state index contributed by atoms with van der Waals surface area (Å²) >= 11 is 3.45. The first-order valence-corrected chi connectivity index (χ1v) is 7.22. The molecule has 0 aliphatic carbocycles. The summed E-state index contributed by atoms with van der Waals surface area (Å²) in [5.74, 6) is -0.859. The third-order valence-corrected chi connectivity index (χ3v) is 3.88. The molecule has 0 spiro atoms. The number of halogens is 1. The number of ether oxygens (including phenoxy) is 1. The van der Waals surface area contributed by atoms with Gasteiger partial charge in [0, 0.05) is 17.1 Å². The Morgan fingerprint density at radius 2 is 2.37 bits per heavy atom. The second kappa shape index (κ2) is 6.50. The van der Waals surface area contributed by atoms with Crippen LogP contribution in [0.2, 0.25) is 0 Å². The van der Waals surface area contributed by atoms with Crippen LogP contribution in [-0.4, -0.2) is 29.8 Å². The lowest BCUT2D eigenvalue weighted by Crippen LogP contribution is -2.30. The molecule has 0 radical (unpaired) electrons. The molecule has 1 fully saturated rings. The van der Waals surface area contributed by atoms with Gasteiger partial charge >= 0.3 is 5.97 Å². The van der Waals surface area contributed by atoms with Gasteiger partial charge in [-0.3, -0.25) is 0 Å². The number of benzene rings is 1. The molecule has 0 bridgehead atoms. The first kappa shape index (κ1) is 14.5. The van der Waals surface area contributed by atoms with E-state index in [-0.39, 0.29) is 12.1 Å². The van der Waals surface area contributed by atoms with Crippen molar-refractivity contribution in [3.05, 3.63) is 34.3 Å². The molecular formula is C14H18BrNO3. The number of carboxylic acids is 1. The summed E-state index contributed by atoms with van der Waals surface area (Å²) in [5.41, 5.74) is 1.20. The van der Waals surface area contributed by atoms with Crippen LogP contribution < -0.4 is 5.32 Å². The van der Waals surface area contributed by atoms with Crippen molar-refractivity contribution in [3.63, 3.8) is 0 Å². The summed E-state index contributed by atoms with van der Waals surface area (Å²) in [5, 5.41) is 12.3. The lowest BCUT2D eigenvalue weighted by molar-refractivity contribution is -0.149. The van der Waals surface area contributed by atoms with Gasteiger partial charge in [0.2, 0.25) is 0 Å². The monoisotopic (exact) mass is 327 g/mol. The summed E-state index contributed by atoms with van der Waals surface area (Å²) in [7, 11) is 0. The zero-order chi connectivity index (χ0) is 13.8. The summed E-state index contributed by atoms with van der Waals surface area (Å²) in [6, 6.07) is 8.35. The predicted octanol–water partition coefficient (Wildman–Crippen LogP) is 2.73. The van der Waals surface area contributed by atoms with Crippen LogP contribution in [0, 0.1) is 0 Å². The van der Waals surface area contributed by atoms with Crippen LogP contribution in [0.5, 0.6) is 0 Å². The van der Waals surface area contributed by atoms with E-state index >= 15 is 0 Å². The topological polar surface area (TPSA) is 58.6 Å². The molecule has 1 aromatic carbocycles. The van der Waals surface area contributed by atoms with E-state index in [0.29, 0.717) is 13.0 Å². The summed E-state index contributed by atoms with van der Waals surface area (Å²) in [6.07, 6.45) is 0.769. The molecule has 5 heteroatoms. The maximum absolute atomic E-state index is 10.8. The molecule has 4 nitrogen and oxygen atoms in total. The van der Waals surface area contributed by atoms with Crippen molar-refractivity contribution in [2.75, 3.05) is 6.54 Å². The number of aliphatic carboxylic acids is 1. The lowest BCUT2D eigenvalue weighted by atomic mass is 10.1. The fraction of sp³-hybridized carbons (Fsp3) is 0.500. The van der Waals surface area contributed by atoms with Crippen molar-refractivity contribution < 1.29 is 14.6 Å². The summed E-state index contributed by atoms with van der Waals surface area (Å²) in [6.45, 7) is 2.77. The van der Waals surface area contributed by atoms with Crippen molar-refractivity contribution in [2.24, 2.45) is 0 Å². The van der Waals surface area contributed by atoms with Crippen molar-refractivity contribution in [1.29, 1.82) is 0 Å². The van der Waals surface area contributed by atoms with Gasteiger partial charge in [-0.05, 0) is 37.5 Å². The van der Waals surface area contributed by atoms with Crippen molar-refractivity contribution >= 4 is 21.9 Å². The number of hydrogen-bond acceptors (Lipinski definition) is 3. The Morgan fingerprint density at radius 1 is 1.58 bits per heavy atom. The Labute approximate surface area is 121 Å². The quantitative estimate of drug-likeness (QED) is 0.873. The molecule has 1 heterocycles. The second-order valence-corrected chi connectivity index (χ2v) is 5.76. The molecule has 0 aromatic heterocycles.